The number of aryl methyl sites for hydroxylation is 1. The maximum atomic E-state index is 12.7. The third kappa shape index (κ3) is 6.13. The summed E-state index contributed by atoms with van der Waals surface area (Å²) in [5.74, 6) is 0.694. The highest BCUT2D eigenvalue weighted by Gasteiger charge is 2.22. The first-order valence-corrected chi connectivity index (χ1v) is 9.91. The molecule has 26 heavy (non-hydrogen) atoms. The monoisotopic (exact) mass is 359 g/mol. The Balaban J connectivity index is 1.88. The van der Waals surface area contributed by atoms with Gasteiger partial charge in [0.15, 0.2) is 0 Å². The molecule has 1 fully saturated rings. The Morgan fingerprint density at radius 3 is 2.69 bits per heavy atom. The van der Waals surface area contributed by atoms with Gasteiger partial charge in [-0.2, -0.15) is 0 Å². The van der Waals surface area contributed by atoms with Crippen LogP contribution in [0.1, 0.15) is 67.8 Å². The summed E-state index contributed by atoms with van der Waals surface area (Å²) in [5, 5.41) is 2.97. The number of nitrogens with zero attached hydrogens (tertiary/aromatic N) is 1. The van der Waals surface area contributed by atoms with Crippen LogP contribution < -0.4 is 11.1 Å². The van der Waals surface area contributed by atoms with Gasteiger partial charge in [-0.1, -0.05) is 19.8 Å². The Labute approximate surface area is 157 Å². The first-order chi connectivity index (χ1) is 12.5. The number of hydrogen-bond donors (Lipinski definition) is 2. The number of carbonyl (C=O) groups is 2. The van der Waals surface area contributed by atoms with Crippen molar-refractivity contribution >= 4 is 17.5 Å². The number of rotatable bonds is 8. The van der Waals surface area contributed by atoms with Crippen molar-refractivity contribution in [3.05, 3.63) is 29.3 Å². The Morgan fingerprint density at radius 1 is 1.23 bits per heavy atom. The van der Waals surface area contributed by atoms with Gasteiger partial charge in [0.1, 0.15) is 0 Å². The van der Waals surface area contributed by atoms with Crippen molar-refractivity contribution in [2.45, 2.75) is 58.8 Å². The number of benzene rings is 1. The molecule has 1 unspecified atom stereocenters. The summed E-state index contributed by atoms with van der Waals surface area (Å²) in [5.41, 5.74) is 7.90. The van der Waals surface area contributed by atoms with E-state index in [9.17, 15) is 9.59 Å². The van der Waals surface area contributed by atoms with Gasteiger partial charge in [-0.25, -0.2) is 0 Å². The third-order valence-corrected chi connectivity index (χ3v) is 5.05. The van der Waals surface area contributed by atoms with Crippen molar-refractivity contribution in [2.75, 3.05) is 25.0 Å². The van der Waals surface area contributed by atoms with Gasteiger partial charge < -0.3 is 16.0 Å². The molecule has 1 aromatic rings. The molecule has 0 saturated carbocycles. The minimum Gasteiger partial charge on any atom is -0.338 e. The Kier molecular flexibility index (Phi) is 8.10. The van der Waals surface area contributed by atoms with Gasteiger partial charge >= 0.3 is 0 Å². The van der Waals surface area contributed by atoms with E-state index in [-0.39, 0.29) is 11.8 Å². The predicted molar refractivity (Wildman–Crippen MR) is 106 cm³/mol. The number of amides is 2. The molecule has 2 amide bonds. The molecule has 1 aliphatic heterocycles. The van der Waals surface area contributed by atoms with Crippen molar-refractivity contribution in [1.29, 1.82) is 0 Å². The Bertz CT molecular complexity index is 615. The van der Waals surface area contributed by atoms with Gasteiger partial charge in [0, 0.05) is 30.8 Å². The molecule has 0 aliphatic carbocycles. The molecular weight excluding hydrogens is 326 g/mol. The minimum absolute atomic E-state index is 0.0322. The number of nitrogens with two attached hydrogens (primary N) is 1. The van der Waals surface area contributed by atoms with Crippen LogP contribution in [0.3, 0.4) is 0 Å². The summed E-state index contributed by atoms with van der Waals surface area (Å²) in [6.45, 7) is 6.52. The molecule has 3 N–H and O–H groups in total. The summed E-state index contributed by atoms with van der Waals surface area (Å²) in [6, 6.07) is 5.56. The molecule has 1 saturated heterocycles. The van der Waals surface area contributed by atoms with E-state index >= 15 is 0 Å². The lowest BCUT2D eigenvalue weighted by molar-refractivity contribution is -0.116. The largest absolute Gasteiger partial charge is 0.338 e. The molecule has 1 aliphatic rings. The normalized spacial score (nSPS) is 17.2. The van der Waals surface area contributed by atoms with E-state index in [1.807, 2.05) is 30.0 Å². The van der Waals surface area contributed by atoms with Gasteiger partial charge in [-0.05, 0) is 68.8 Å². The quantitative estimate of drug-likeness (QED) is 0.695. The predicted octanol–water partition coefficient (Wildman–Crippen LogP) is 3.71. The lowest BCUT2D eigenvalue weighted by Gasteiger charge is -2.31. The maximum Gasteiger partial charge on any atom is 0.253 e. The number of nitrogens with one attached hydrogen (secondary N) is 1. The molecule has 5 nitrogen and oxygen atoms in total. The van der Waals surface area contributed by atoms with Crippen LogP contribution in [-0.4, -0.2) is 36.3 Å². The maximum absolute atomic E-state index is 12.7. The summed E-state index contributed by atoms with van der Waals surface area (Å²) >= 11 is 0. The van der Waals surface area contributed by atoms with Crippen molar-refractivity contribution in [1.82, 2.24) is 4.90 Å². The lowest BCUT2D eigenvalue weighted by Crippen LogP contribution is -2.39. The van der Waals surface area contributed by atoms with Gasteiger partial charge in [-0.3, -0.25) is 9.59 Å². The molecule has 1 atom stereocenters. The van der Waals surface area contributed by atoms with E-state index in [4.69, 9.17) is 5.73 Å². The van der Waals surface area contributed by atoms with Crippen LogP contribution in [0.4, 0.5) is 5.69 Å². The fraction of sp³-hybridized carbons (Fsp3) is 0.619. The molecule has 144 valence electrons. The Morgan fingerprint density at radius 2 is 2.00 bits per heavy atom. The molecular formula is C21H33N3O2. The lowest BCUT2D eigenvalue weighted by atomic mass is 9.99. The number of carbonyl (C=O) groups excluding carboxylic acids is 2. The fourth-order valence-corrected chi connectivity index (χ4v) is 3.49. The topological polar surface area (TPSA) is 75.4 Å². The van der Waals surface area contributed by atoms with Crippen LogP contribution in [0.2, 0.25) is 0 Å². The van der Waals surface area contributed by atoms with Crippen LogP contribution >= 0.6 is 0 Å². The number of likely N-dealkylation sites (tertiary alicyclic amines) is 1. The van der Waals surface area contributed by atoms with E-state index in [1.165, 1.54) is 6.42 Å². The van der Waals surface area contributed by atoms with Gasteiger partial charge in [0.05, 0.1) is 0 Å². The SMILES string of the molecule is Cc1cc(C(=O)N2CCCC(C)C2)ccc1NC(=O)CCCCCCN. The van der Waals surface area contributed by atoms with E-state index in [0.29, 0.717) is 24.4 Å². The highest BCUT2D eigenvalue weighted by atomic mass is 16.2. The second-order valence-corrected chi connectivity index (χ2v) is 7.53. The van der Waals surface area contributed by atoms with Gasteiger partial charge in [-0.15, -0.1) is 0 Å². The number of piperidine rings is 1. The fourth-order valence-electron chi connectivity index (χ4n) is 3.49. The molecule has 0 aromatic heterocycles. The van der Waals surface area contributed by atoms with Crippen molar-refractivity contribution in [2.24, 2.45) is 11.7 Å². The summed E-state index contributed by atoms with van der Waals surface area (Å²) in [4.78, 5) is 26.7. The minimum atomic E-state index is 0.0322. The van der Waals surface area contributed by atoms with Crippen LogP contribution in [0, 0.1) is 12.8 Å². The van der Waals surface area contributed by atoms with Crippen LogP contribution in [0.25, 0.3) is 0 Å². The van der Waals surface area contributed by atoms with Crippen LogP contribution in [-0.2, 0) is 4.79 Å². The molecule has 1 aromatic carbocycles. The molecule has 1 heterocycles. The summed E-state index contributed by atoms with van der Waals surface area (Å²) in [6.07, 6.45) is 6.81. The molecule has 0 spiro atoms. The number of unbranched alkanes of at least 4 members (excludes halogenated alkanes) is 3. The van der Waals surface area contributed by atoms with E-state index in [1.54, 1.807) is 0 Å². The second kappa shape index (κ2) is 10.3. The second-order valence-electron chi connectivity index (χ2n) is 7.53. The van der Waals surface area contributed by atoms with Crippen molar-refractivity contribution in [3.8, 4) is 0 Å². The average Bonchev–Trinajstić information content (AvgIpc) is 2.62. The van der Waals surface area contributed by atoms with E-state index < -0.39 is 0 Å². The standard InChI is InChI=1S/C21H33N3O2/c1-16-8-7-13-24(15-16)21(26)18-10-11-19(17(2)14-18)23-20(25)9-5-3-4-6-12-22/h10-11,14,16H,3-9,12-13,15,22H2,1-2H3,(H,23,25). The van der Waals surface area contributed by atoms with Gasteiger partial charge in [0.2, 0.25) is 5.91 Å². The zero-order valence-electron chi connectivity index (χ0n) is 16.2. The first kappa shape index (κ1) is 20.4. The van der Waals surface area contributed by atoms with Crippen LogP contribution in [0.5, 0.6) is 0 Å². The number of anilines is 1. The smallest absolute Gasteiger partial charge is 0.253 e. The zero-order chi connectivity index (χ0) is 18.9. The average molecular weight is 360 g/mol. The van der Waals surface area contributed by atoms with Crippen molar-refractivity contribution < 1.29 is 9.59 Å². The highest BCUT2D eigenvalue weighted by Crippen LogP contribution is 2.21. The Hall–Kier alpha value is -1.88. The molecule has 2 rings (SSSR count). The van der Waals surface area contributed by atoms with Gasteiger partial charge in [0.25, 0.3) is 5.91 Å². The van der Waals surface area contributed by atoms with E-state index in [2.05, 4.69) is 12.2 Å². The molecule has 5 heteroatoms. The molecule has 0 bridgehead atoms. The summed E-state index contributed by atoms with van der Waals surface area (Å²) in [7, 11) is 0. The third-order valence-electron chi connectivity index (χ3n) is 5.05. The first-order valence-electron chi connectivity index (χ1n) is 9.91. The van der Waals surface area contributed by atoms with Crippen molar-refractivity contribution in [3.63, 3.8) is 0 Å². The molecule has 0 radical (unpaired) electrons. The van der Waals surface area contributed by atoms with Crippen LogP contribution in [0.15, 0.2) is 18.2 Å². The number of hydrogen-bond acceptors (Lipinski definition) is 3. The summed E-state index contributed by atoms with van der Waals surface area (Å²) < 4.78 is 0. The zero-order valence-corrected chi connectivity index (χ0v) is 16.2. The van der Waals surface area contributed by atoms with E-state index in [0.717, 1.165) is 56.4 Å². The highest BCUT2D eigenvalue weighted by molar-refractivity contribution is 5.96.